The second-order valence-corrected chi connectivity index (χ2v) is 3.20. The Hall–Kier alpha value is -0.0400. The molecule has 0 heterocycles. The predicted molar refractivity (Wildman–Crippen MR) is 35.5 cm³/mol. The largest absolute Gasteiger partial charge is 0.328 e. The molecular weight excluding hydrogens is 98.1 g/mol. The third-order valence-electron chi connectivity index (χ3n) is 2.15. The minimum atomic E-state index is 0.436. The Labute approximate surface area is 51.3 Å². The van der Waals surface area contributed by atoms with Crippen molar-refractivity contribution in [1.29, 1.82) is 0 Å². The Kier molecular flexibility index (Phi) is 1.57. The van der Waals surface area contributed by atoms with Gasteiger partial charge in [0.15, 0.2) is 0 Å². The van der Waals surface area contributed by atoms with Gasteiger partial charge in [-0.25, -0.2) is 0 Å². The minimum Gasteiger partial charge on any atom is -0.328 e. The molecular formula is C7H15N. The van der Waals surface area contributed by atoms with Crippen LogP contribution in [0.3, 0.4) is 0 Å². The Bertz CT molecular complexity index is 72.5. The second-order valence-electron chi connectivity index (χ2n) is 3.20. The zero-order valence-corrected chi connectivity index (χ0v) is 5.72. The van der Waals surface area contributed by atoms with Crippen LogP contribution in [-0.2, 0) is 0 Å². The lowest BCUT2D eigenvalue weighted by Gasteiger charge is -2.35. The summed E-state index contributed by atoms with van der Waals surface area (Å²) in [5.74, 6) is 1.79. The maximum Gasteiger partial charge on any atom is 0.00389 e. The maximum absolute atomic E-state index is 5.66. The highest BCUT2D eigenvalue weighted by Gasteiger charge is 2.27. The maximum atomic E-state index is 5.66. The predicted octanol–water partition coefficient (Wildman–Crippen LogP) is 1.38. The van der Waals surface area contributed by atoms with E-state index in [0.717, 1.165) is 11.8 Å². The Morgan fingerprint density at radius 2 is 2.00 bits per heavy atom. The summed E-state index contributed by atoms with van der Waals surface area (Å²) in [5, 5.41) is 0. The van der Waals surface area contributed by atoms with E-state index in [1.807, 2.05) is 0 Å². The summed E-state index contributed by atoms with van der Waals surface area (Å²) in [6.45, 7) is 4.40. The summed E-state index contributed by atoms with van der Waals surface area (Å²) in [6, 6.07) is 0.436. The molecule has 1 saturated carbocycles. The molecule has 1 aliphatic carbocycles. The molecule has 0 bridgehead atoms. The van der Waals surface area contributed by atoms with Gasteiger partial charge in [0.2, 0.25) is 0 Å². The van der Waals surface area contributed by atoms with Gasteiger partial charge in [-0.3, -0.25) is 0 Å². The highest BCUT2D eigenvalue weighted by molar-refractivity contribution is 4.81. The van der Waals surface area contributed by atoms with Crippen molar-refractivity contribution in [2.75, 3.05) is 0 Å². The normalized spacial score (nSPS) is 40.9. The van der Waals surface area contributed by atoms with Crippen LogP contribution in [0.25, 0.3) is 0 Å². The first-order valence-electron chi connectivity index (χ1n) is 3.45. The average molecular weight is 113 g/mol. The fraction of sp³-hybridized carbons (Fsp3) is 1.00. The van der Waals surface area contributed by atoms with E-state index >= 15 is 0 Å². The van der Waals surface area contributed by atoms with Crippen LogP contribution in [0.5, 0.6) is 0 Å². The molecule has 0 spiro atoms. The third-order valence-corrected chi connectivity index (χ3v) is 2.15. The van der Waals surface area contributed by atoms with E-state index in [-0.39, 0.29) is 0 Å². The molecule has 1 rings (SSSR count). The Morgan fingerprint density at radius 3 is 2.12 bits per heavy atom. The highest BCUT2D eigenvalue weighted by atomic mass is 14.6. The van der Waals surface area contributed by atoms with Crippen molar-refractivity contribution in [3.63, 3.8) is 0 Å². The standard InChI is InChI=1S/C7H15N/c1-5-3-7(4-5)6(2)8/h5-7H,3-4,8H2,1-2H3/t5?,6-,7?/m1/s1. The van der Waals surface area contributed by atoms with Crippen molar-refractivity contribution in [3.8, 4) is 0 Å². The lowest BCUT2D eigenvalue weighted by atomic mass is 9.73. The first kappa shape index (κ1) is 6.09. The molecule has 0 amide bonds. The third kappa shape index (κ3) is 1.03. The van der Waals surface area contributed by atoms with E-state index in [9.17, 15) is 0 Å². The molecule has 0 aromatic heterocycles. The molecule has 1 fully saturated rings. The number of hydrogen-bond acceptors (Lipinski definition) is 1. The Morgan fingerprint density at radius 1 is 1.50 bits per heavy atom. The molecule has 8 heavy (non-hydrogen) atoms. The van der Waals surface area contributed by atoms with Crippen LogP contribution in [0.15, 0.2) is 0 Å². The van der Waals surface area contributed by atoms with Gasteiger partial charge in [-0.1, -0.05) is 6.92 Å². The van der Waals surface area contributed by atoms with Crippen LogP contribution in [0, 0.1) is 11.8 Å². The van der Waals surface area contributed by atoms with Gasteiger partial charge in [-0.05, 0) is 31.6 Å². The van der Waals surface area contributed by atoms with Gasteiger partial charge in [0.25, 0.3) is 0 Å². The average Bonchev–Trinajstić information content (AvgIpc) is 1.57. The molecule has 1 aliphatic rings. The van der Waals surface area contributed by atoms with E-state index in [0.29, 0.717) is 6.04 Å². The molecule has 0 saturated heterocycles. The summed E-state index contributed by atoms with van der Waals surface area (Å²) in [7, 11) is 0. The molecule has 0 aromatic rings. The monoisotopic (exact) mass is 113 g/mol. The quantitative estimate of drug-likeness (QED) is 0.546. The summed E-state index contributed by atoms with van der Waals surface area (Å²) in [6.07, 6.45) is 2.72. The first-order valence-corrected chi connectivity index (χ1v) is 3.45. The zero-order valence-electron chi connectivity index (χ0n) is 5.72. The molecule has 0 aromatic carbocycles. The van der Waals surface area contributed by atoms with Crippen LogP contribution in [0.4, 0.5) is 0 Å². The fourth-order valence-corrected chi connectivity index (χ4v) is 1.39. The van der Waals surface area contributed by atoms with Crippen molar-refractivity contribution in [2.45, 2.75) is 32.7 Å². The molecule has 48 valence electrons. The van der Waals surface area contributed by atoms with Crippen molar-refractivity contribution in [3.05, 3.63) is 0 Å². The zero-order chi connectivity index (χ0) is 6.15. The van der Waals surface area contributed by atoms with Crippen LogP contribution in [0.2, 0.25) is 0 Å². The smallest absolute Gasteiger partial charge is 0.00389 e. The number of hydrogen-bond donors (Lipinski definition) is 1. The number of nitrogens with two attached hydrogens (primary N) is 1. The summed E-state index contributed by atoms with van der Waals surface area (Å²) >= 11 is 0. The lowest BCUT2D eigenvalue weighted by molar-refractivity contribution is 0.184. The molecule has 0 radical (unpaired) electrons. The second kappa shape index (κ2) is 2.06. The van der Waals surface area contributed by atoms with Crippen LogP contribution in [0.1, 0.15) is 26.7 Å². The SMILES string of the molecule is CC1CC([C@@H](C)N)C1. The molecule has 0 aliphatic heterocycles. The molecule has 1 heteroatoms. The summed E-state index contributed by atoms with van der Waals surface area (Å²) in [5.41, 5.74) is 5.66. The van der Waals surface area contributed by atoms with Gasteiger partial charge in [0.05, 0.1) is 0 Å². The van der Waals surface area contributed by atoms with E-state index in [1.165, 1.54) is 12.8 Å². The van der Waals surface area contributed by atoms with Crippen LogP contribution < -0.4 is 5.73 Å². The van der Waals surface area contributed by atoms with E-state index < -0.39 is 0 Å². The van der Waals surface area contributed by atoms with Gasteiger partial charge in [-0.2, -0.15) is 0 Å². The van der Waals surface area contributed by atoms with Crippen molar-refractivity contribution >= 4 is 0 Å². The van der Waals surface area contributed by atoms with Gasteiger partial charge >= 0.3 is 0 Å². The van der Waals surface area contributed by atoms with Gasteiger partial charge < -0.3 is 5.73 Å². The summed E-state index contributed by atoms with van der Waals surface area (Å²) in [4.78, 5) is 0. The molecule has 1 nitrogen and oxygen atoms in total. The topological polar surface area (TPSA) is 26.0 Å². The van der Waals surface area contributed by atoms with Crippen LogP contribution in [-0.4, -0.2) is 6.04 Å². The summed E-state index contributed by atoms with van der Waals surface area (Å²) < 4.78 is 0. The van der Waals surface area contributed by atoms with Crippen molar-refractivity contribution in [2.24, 2.45) is 17.6 Å². The lowest BCUT2D eigenvalue weighted by Crippen LogP contribution is -2.35. The van der Waals surface area contributed by atoms with E-state index in [1.54, 1.807) is 0 Å². The van der Waals surface area contributed by atoms with Gasteiger partial charge in [0, 0.05) is 6.04 Å². The van der Waals surface area contributed by atoms with Crippen LogP contribution >= 0.6 is 0 Å². The first-order chi connectivity index (χ1) is 3.70. The van der Waals surface area contributed by atoms with Gasteiger partial charge in [0.1, 0.15) is 0 Å². The Balaban J connectivity index is 2.15. The molecule has 1 atom stereocenters. The van der Waals surface area contributed by atoms with E-state index in [4.69, 9.17) is 5.73 Å². The minimum absolute atomic E-state index is 0.436. The van der Waals surface area contributed by atoms with Crippen molar-refractivity contribution < 1.29 is 0 Å². The molecule has 0 unspecified atom stereocenters. The van der Waals surface area contributed by atoms with Crippen molar-refractivity contribution in [1.82, 2.24) is 0 Å². The van der Waals surface area contributed by atoms with E-state index in [2.05, 4.69) is 13.8 Å². The number of rotatable bonds is 1. The fourth-order valence-electron chi connectivity index (χ4n) is 1.39. The highest BCUT2D eigenvalue weighted by Crippen LogP contribution is 2.34. The molecule has 2 N–H and O–H groups in total. The van der Waals surface area contributed by atoms with Gasteiger partial charge in [-0.15, -0.1) is 0 Å².